The number of amides is 3. The van der Waals surface area contributed by atoms with Gasteiger partial charge in [0, 0.05) is 12.5 Å². The lowest BCUT2D eigenvalue weighted by atomic mass is 9.61. The molecule has 5 heteroatoms. The molecule has 5 nitrogen and oxygen atoms in total. The SMILES string of the molecule is O=C1[C@H]2CCCC[C@H]2C(=O)N1CC(=O)N1C[C@@H]2CCCC[C@@]21c1ccccc1. The minimum atomic E-state index is -0.241. The maximum atomic E-state index is 13.3. The lowest BCUT2D eigenvalue weighted by Crippen LogP contribution is -2.68. The van der Waals surface area contributed by atoms with Gasteiger partial charge in [-0.3, -0.25) is 19.3 Å². The highest BCUT2D eigenvalue weighted by Gasteiger charge is 2.58. The van der Waals surface area contributed by atoms with Crippen LogP contribution < -0.4 is 0 Å². The molecule has 0 spiro atoms. The molecule has 2 saturated carbocycles. The van der Waals surface area contributed by atoms with Crippen molar-refractivity contribution >= 4 is 17.7 Å². The van der Waals surface area contributed by atoms with Crippen LogP contribution in [0.1, 0.15) is 56.9 Å². The zero-order valence-corrected chi connectivity index (χ0v) is 16.3. The Labute approximate surface area is 166 Å². The van der Waals surface area contributed by atoms with Crippen LogP contribution in [0.3, 0.4) is 0 Å². The first-order chi connectivity index (χ1) is 13.6. The van der Waals surface area contributed by atoms with Crippen molar-refractivity contribution in [2.24, 2.45) is 17.8 Å². The summed E-state index contributed by atoms with van der Waals surface area (Å²) >= 11 is 0. The van der Waals surface area contributed by atoms with E-state index in [0.717, 1.165) is 51.5 Å². The third kappa shape index (κ3) is 2.48. The van der Waals surface area contributed by atoms with Crippen LogP contribution >= 0.6 is 0 Å². The number of hydrogen-bond acceptors (Lipinski definition) is 3. The topological polar surface area (TPSA) is 57.7 Å². The lowest BCUT2D eigenvalue weighted by Gasteiger charge is -2.61. The molecule has 2 saturated heterocycles. The van der Waals surface area contributed by atoms with Gasteiger partial charge in [0.1, 0.15) is 6.54 Å². The smallest absolute Gasteiger partial charge is 0.243 e. The average Bonchev–Trinajstić information content (AvgIpc) is 2.95. The van der Waals surface area contributed by atoms with Gasteiger partial charge in [0.05, 0.1) is 17.4 Å². The second kappa shape index (κ2) is 6.71. The fraction of sp³-hybridized carbons (Fsp3) is 0.609. The number of imide groups is 1. The maximum absolute atomic E-state index is 13.3. The van der Waals surface area contributed by atoms with E-state index in [9.17, 15) is 14.4 Å². The first-order valence-corrected chi connectivity index (χ1v) is 10.8. The zero-order chi connectivity index (χ0) is 19.3. The molecule has 0 radical (unpaired) electrons. The Bertz CT molecular complexity index is 783. The van der Waals surface area contributed by atoms with Gasteiger partial charge >= 0.3 is 0 Å². The molecule has 2 aliphatic carbocycles. The van der Waals surface area contributed by atoms with Crippen molar-refractivity contribution in [3.63, 3.8) is 0 Å². The van der Waals surface area contributed by atoms with E-state index in [1.54, 1.807) is 0 Å². The molecule has 4 atom stereocenters. The Morgan fingerprint density at radius 1 is 0.929 bits per heavy atom. The van der Waals surface area contributed by atoms with Crippen molar-refractivity contribution in [3.05, 3.63) is 35.9 Å². The van der Waals surface area contributed by atoms with Crippen molar-refractivity contribution in [1.29, 1.82) is 0 Å². The number of carbonyl (C=O) groups is 3. The van der Waals surface area contributed by atoms with Crippen LogP contribution in [0.5, 0.6) is 0 Å². The van der Waals surface area contributed by atoms with Crippen molar-refractivity contribution in [1.82, 2.24) is 9.80 Å². The van der Waals surface area contributed by atoms with Crippen molar-refractivity contribution in [3.8, 4) is 0 Å². The third-order valence-corrected chi connectivity index (χ3v) is 7.72. The number of nitrogens with zero attached hydrogens (tertiary/aromatic N) is 2. The molecule has 3 amide bonds. The quantitative estimate of drug-likeness (QED) is 0.757. The second-order valence-electron chi connectivity index (χ2n) is 9.00. The molecule has 148 valence electrons. The highest BCUT2D eigenvalue weighted by atomic mass is 16.2. The van der Waals surface area contributed by atoms with Gasteiger partial charge in [0.25, 0.3) is 0 Å². The van der Waals surface area contributed by atoms with E-state index in [1.807, 2.05) is 23.1 Å². The lowest BCUT2D eigenvalue weighted by molar-refractivity contribution is -0.170. The standard InChI is InChI=1S/C23H28N2O3/c26-20(15-24-21(27)18-11-4-5-12-19(18)22(24)28)25-14-17-10-6-7-13-23(17,25)16-8-2-1-3-9-16/h1-3,8-9,17-19H,4-7,10-15H2/t17-,18-,19+,23+/m0/s1. The summed E-state index contributed by atoms with van der Waals surface area (Å²) in [5.74, 6) is -0.176. The van der Waals surface area contributed by atoms with Crippen LogP contribution in [-0.4, -0.2) is 40.6 Å². The molecule has 0 N–H and O–H groups in total. The number of hydrogen-bond donors (Lipinski definition) is 0. The predicted molar refractivity (Wildman–Crippen MR) is 104 cm³/mol. The number of rotatable bonds is 3. The Morgan fingerprint density at radius 2 is 1.57 bits per heavy atom. The summed E-state index contributed by atoms with van der Waals surface area (Å²) in [5, 5.41) is 0. The highest BCUT2D eigenvalue weighted by molar-refractivity contribution is 6.07. The maximum Gasteiger partial charge on any atom is 0.243 e. The number of fused-ring (bicyclic) bond motifs is 2. The normalized spacial score (nSPS) is 34.6. The molecule has 2 aliphatic heterocycles. The summed E-state index contributed by atoms with van der Waals surface area (Å²) in [6.07, 6.45) is 8.04. The molecule has 4 aliphatic rings. The van der Waals surface area contributed by atoms with Gasteiger partial charge in [0.2, 0.25) is 17.7 Å². The molecule has 2 heterocycles. The van der Waals surface area contributed by atoms with Crippen LogP contribution in [-0.2, 0) is 19.9 Å². The number of likely N-dealkylation sites (tertiary alicyclic amines) is 2. The first-order valence-electron chi connectivity index (χ1n) is 10.8. The Morgan fingerprint density at radius 3 is 2.21 bits per heavy atom. The predicted octanol–water partition coefficient (Wildman–Crippen LogP) is 3.09. The molecule has 1 aromatic carbocycles. The van der Waals surface area contributed by atoms with E-state index in [2.05, 4.69) is 12.1 Å². The number of carbonyl (C=O) groups excluding carboxylic acids is 3. The van der Waals surface area contributed by atoms with E-state index in [0.29, 0.717) is 5.92 Å². The fourth-order valence-corrected chi connectivity index (χ4v) is 6.29. The van der Waals surface area contributed by atoms with E-state index in [4.69, 9.17) is 0 Å². The molecule has 1 aromatic rings. The van der Waals surface area contributed by atoms with E-state index >= 15 is 0 Å². The summed E-state index contributed by atoms with van der Waals surface area (Å²) in [4.78, 5) is 42.1. The van der Waals surface area contributed by atoms with Gasteiger partial charge in [-0.1, -0.05) is 56.0 Å². The summed E-state index contributed by atoms with van der Waals surface area (Å²) in [6, 6.07) is 10.3. The molecule has 0 bridgehead atoms. The average molecular weight is 380 g/mol. The van der Waals surface area contributed by atoms with Gasteiger partial charge in [0.15, 0.2) is 0 Å². The van der Waals surface area contributed by atoms with E-state index in [-0.39, 0.29) is 41.6 Å². The Hall–Kier alpha value is -2.17. The molecule has 0 aromatic heterocycles. The van der Waals surface area contributed by atoms with Gasteiger partial charge in [-0.15, -0.1) is 0 Å². The van der Waals surface area contributed by atoms with Gasteiger partial charge in [-0.05, 0) is 31.2 Å². The van der Waals surface area contributed by atoms with Crippen molar-refractivity contribution in [2.75, 3.05) is 13.1 Å². The van der Waals surface area contributed by atoms with E-state index in [1.165, 1.54) is 16.9 Å². The summed E-state index contributed by atoms with van der Waals surface area (Å²) in [7, 11) is 0. The highest BCUT2D eigenvalue weighted by Crippen LogP contribution is 2.54. The summed E-state index contributed by atoms with van der Waals surface area (Å²) in [6.45, 7) is 0.669. The molecule has 5 rings (SSSR count). The Kier molecular flexibility index (Phi) is 4.29. The van der Waals surface area contributed by atoms with Gasteiger partial charge in [-0.25, -0.2) is 0 Å². The minimum absolute atomic E-state index is 0.0673. The monoisotopic (exact) mass is 380 g/mol. The van der Waals surface area contributed by atoms with Crippen LogP contribution in [0.4, 0.5) is 0 Å². The molecule has 4 fully saturated rings. The molecular weight excluding hydrogens is 352 g/mol. The first kappa shape index (κ1) is 17.9. The zero-order valence-electron chi connectivity index (χ0n) is 16.3. The number of benzene rings is 1. The fourth-order valence-electron chi connectivity index (χ4n) is 6.29. The van der Waals surface area contributed by atoms with Crippen LogP contribution in [0, 0.1) is 17.8 Å². The van der Waals surface area contributed by atoms with Gasteiger partial charge in [-0.2, -0.15) is 0 Å². The van der Waals surface area contributed by atoms with Crippen molar-refractivity contribution in [2.45, 2.75) is 56.9 Å². The minimum Gasteiger partial charge on any atom is -0.331 e. The van der Waals surface area contributed by atoms with Crippen LogP contribution in [0.15, 0.2) is 30.3 Å². The van der Waals surface area contributed by atoms with E-state index < -0.39 is 0 Å². The van der Waals surface area contributed by atoms with Crippen LogP contribution in [0.2, 0.25) is 0 Å². The third-order valence-electron chi connectivity index (χ3n) is 7.72. The van der Waals surface area contributed by atoms with Gasteiger partial charge < -0.3 is 4.90 Å². The largest absolute Gasteiger partial charge is 0.331 e. The molecule has 28 heavy (non-hydrogen) atoms. The van der Waals surface area contributed by atoms with Crippen LogP contribution in [0.25, 0.3) is 0 Å². The Balaban J connectivity index is 1.38. The summed E-state index contributed by atoms with van der Waals surface area (Å²) in [5.41, 5.74) is 0.960. The summed E-state index contributed by atoms with van der Waals surface area (Å²) < 4.78 is 0. The molecular formula is C23H28N2O3. The molecule has 0 unspecified atom stereocenters. The van der Waals surface area contributed by atoms with Crippen molar-refractivity contribution < 1.29 is 14.4 Å². The second-order valence-corrected chi connectivity index (χ2v) is 9.00.